The molecular formula is C13H11Cl2N3O. The van der Waals surface area contributed by atoms with Gasteiger partial charge < -0.3 is 5.32 Å². The minimum atomic E-state index is -0.185. The highest BCUT2D eigenvalue weighted by Gasteiger charge is 2.07. The molecule has 1 amide bonds. The van der Waals surface area contributed by atoms with E-state index in [4.69, 9.17) is 23.2 Å². The first-order valence-electron chi connectivity index (χ1n) is 5.58. The number of hydrogen-bond donors (Lipinski definition) is 1. The summed E-state index contributed by atoms with van der Waals surface area (Å²) in [7, 11) is 0. The van der Waals surface area contributed by atoms with Crippen molar-refractivity contribution in [2.24, 2.45) is 0 Å². The molecule has 0 fully saturated rings. The number of nitrogens with one attached hydrogen (secondary N) is 1. The molecule has 0 radical (unpaired) electrons. The van der Waals surface area contributed by atoms with Gasteiger partial charge in [0.25, 0.3) is 0 Å². The van der Waals surface area contributed by atoms with Gasteiger partial charge in [-0.1, -0.05) is 41.4 Å². The monoisotopic (exact) mass is 295 g/mol. The lowest BCUT2D eigenvalue weighted by Crippen LogP contribution is -2.15. The maximum absolute atomic E-state index is 11.8. The van der Waals surface area contributed by atoms with E-state index in [1.807, 2.05) is 31.2 Å². The van der Waals surface area contributed by atoms with E-state index in [0.717, 1.165) is 11.1 Å². The lowest BCUT2D eigenvalue weighted by Gasteiger charge is -2.05. The normalized spacial score (nSPS) is 10.3. The molecule has 0 aliphatic rings. The fraction of sp³-hybridized carbons (Fsp3) is 0.154. The predicted molar refractivity (Wildman–Crippen MR) is 75.6 cm³/mol. The Bertz CT molecular complexity index is 579. The van der Waals surface area contributed by atoms with Gasteiger partial charge in [-0.2, -0.15) is 0 Å². The number of carbonyl (C=O) groups is 1. The van der Waals surface area contributed by atoms with E-state index in [0.29, 0.717) is 5.82 Å². The molecule has 0 saturated carbocycles. The largest absolute Gasteiger partial charge is 0.310 e. The molecule has 0 saturated heterocycles. The van der Waals surface area contributed by atoms with Crippen LogP contribution in [-0.4, -0.2) is 15.9 Å². The van der Waals surface area contributed by atoms with Crippen LogP contribution in [0.25, 0.3) is 0 Å². The van der Waals surface area contributed by atoms with Crippen molar-refractivity contribution in [1.82, 2.24) is 9.97 Å². The maximum atomic E-state index is 11.8. The van der Waals surface area contributed by atoms with Gasteiger partial charge in [-0.3, -0.25) is 4.79 Å². The van der Waals surface area contributed by atoms with E-state index in [2.05, 4.69) is 15.3 Å². The Labute approximate surface area is 120 Å². The third-order valence-electron chi connectivity index (χ3n) is 2.42. The Morgan fingerprint density at radius 2 is 1.89 bits per heavy atom. The van der Waals surface area contributed by atoms with Crippen molar-refractivity contribution in [3.05, 3.63) is 51.9 Å². The highest BCUT2D eigenvalue weighted by Crippen LogP contribution is 2.14. The van der Waals surface area contributed by atoms with Gasteiger partial charge in [-0.05, 0) is 24.1 Å². The van der Waals surface area contributed by atoms with Crippen LogP contribution in [-0.2, 0) is 11.2 Å². The fourth-order valence-electron chi connectivity index (χ4n) is 1.53. The first kappa shape index (κ1) is 13.8. The predicted octanol–water partition coefficient (Wildman–Crippen LogP) is 3.27. The summed E-state index contributed by atoms with van der Waals surface area (Å²) >= 11 is 11.4. The van der Waals surface area contributed by atoms with Crippen molar-refractivity contribution in [2.45, 2.75) is 13.3 Å². The summed E-state index contributed by atoms with van der Waals surface area (Å²) in [5.74, 6) is 0.108. The van der Waals surface area contributed by atoms with Gasteiger partial charge in [0.2, 0.25) is 11.2 Å². The molecule has 0 bridgehead atoms. The van der Waals surface area contributed by atoms with Crippen molar-refractivity contribution in [1.29, 1.82) is 0 Å². The van der Waals surface area contributed by atoms with Crippen LogP contribution in [0.3, 0.4) is 0 Å². The number of halogens is 2. The van der Waals surface area contributed by atoms with Gasteiger partial charge in [-0.25, -0.2) is 9.97 Å². The molecule has 4 nitrogen and oxygen atoms in total. The SMILES string of the molecule is Cc1ccc(CC(=O)Nc2cc(Cl)nc(Cl)n2)cc1. The highest BCUT2D eigenvalue weighted by molar-refractivity contribution is 6.32. The standard InChI is InChI=1S/C13H11Cl2N3O/c1-8-2-4-9(5-3-8)6-12(19)17-11-7-10(14)16-13(15)18-11/h2-5,7H,6H2,1H3,(H,16,17,18,19). The summed E-state index contributed by atoms with van der Waals surface area (Å²) in [5.41, 5.74) is 2.08. The topological polar surface area (TPSA) is 54.9 Å². The zero-order chi connectivity index (χ0) is 13.8. The van der Waals surface area contributed by atoms with Crippen LogP contribution in [0.4, 0.5) is 5.82 Å². The van der Waals surface area contributed by atoms with Crippen molar-refractivity contribution >= 4 is 34.9 Å². The number of nitrogens with zero attached hydrogens (tertiary/aromatic N) is 2. The summed E-state index contributed by atoms with van der Waals surface area (Å²) in [6, 6.07) is 9.19. The third-order valence-corrected chi connectivity index (χ3v) is 2.78. The average Bonchev–Trinajstić information content (AvgIpc) is 2.30. The Morgan fingerprint density at radius 1 is 1.21 bits per heavy atom. The molecule has 1 aromatic carbocycles. The fourth-order valence-corrected chi connectivity index (χ4v) is 1.94. The number of anilines is 1. The van der Waals surface area contributed by atoms with E-state index >= 15 is 0 Å². The van der Waals surface area contributed by atoms with E-state index in [9.17, 15) is 4.79 Å². The molecular weight excluding hydrogens is 285 g/mol. The van der Waals surface area contributed by atoms with E-state index < -0.39 is 0 Å². The van der Waals surface area contributed by atoms with Crippen LogP contribution < -0.4 is 5.32 Å². The third kappa shape index (κ3) is 4.19. The van der Waals surface area contributed by atoms with Crippen LogP contribution >= 0.6 is 23.2 Å². The van der Waals surface area contributed by atoms with Crippen molar-refractivity contribution < 1.29 is 4.79 Å². The minimum absolute atomic E-state index is 0.00173. The maximum Gasteiger partial charge on any atom is 0.229 e. The number of benzene rings is 1. The molecule has 0 atom stereocenters. The molecule has 2 aromatic rings. The van der Waals surface area contributed by atoms with Gasteiger partial charge in [-0.15, -0.1) is 0 Å². The Hall–Kier alpha value is -1.65. The van der Waals surface area contributed by atoms with Gasteiger partial charge in [0, 0.05) is 6.07 Å². The summed E-state index contributed by atoms with van der Waals surface area (Å²) in [5, 5.41) is 2.81. The molecule has 0 aliphatic heterocycles. The van der Waals surface area contributed by atoms with Crippen LogP contribution in [0, 0.1) is 6.92 Å². The first-order valence-corrected chi connectivity index (χ1v) is 6.34. The minimum Gasteiger partial charge on any atom is -0.310 e. The second-order valence-electron chi connectivity index (χ2n) is 4.06. The van der Waals surface area contributed by atoms with Crippen molar-refractivity contribution in [3.63, 3.8) is 0 Å². The number of hydrogen-bond acceptors (Lipinski definition) is 3. The lowest BCUT2D eigenvalue weighted by atomic mass is 10.1. The first-order chi connectivity index (χ1) is 9.02. The number of aromatic nitrogens is 2. The second-order valence-corrected chi connectivity index (χ2v) is 4.78. The van der Waals surface area contributed by atoms with E-state index in [-0.39, 0.29) is 22.8 Å². The summed E-state index contributed by atoms with van der Waals surface area (Å²) < 4.78 is 0. The molecule has 1 heterocycles. The number of carbonyl (C=O) groups excluding carboxylic acids is 1. The zero-order valence-corrected chi connectivity index (χ0v) is 11.7. The second kappa shape index (κ2) is 5.99. The zero-order valence-electron chi connectivity index (χ0n) is 10.2. The smallest absolute Gasteiger partial charge is 0.229 e. The van der Waals surface area contributed by atoms with Gasteiger partial charge >= 0.3 is 0 Å². The Balaban J connectivity index is 2.03. The molecule has 1 N–H and O–H groups in total. The molecule has 1 aromatic heterocycles. The Kier molecular flexibility index (Phi) is 4.35. The molecule has 0 unspecified atom stereocenters. The summed E-state index contributed by atoms with van der Waals surface area (Å²) in [6.45, 7) is 1.99. The molecule has 0 aliphatic carbocycles. The molecule has 2 rings (SSSR count). The quantitative estimate of drug-likeness (QED) is 0.698. The number of aryl methyl sites for hydroxylation is 1. The van der Waals surface area contributed by atoms with Crippen molar-refractivity contribution in [3.8, 4) is 0 Å². The Morgan fingerprint density at radius 3 is 2.53 bits per heavy atom. The van der Waals surface area contributed by atoms with Crippen LogP contribution in [0.15, 0.2) is 30.3 Å². The van der Waals surface area contributed by atoms with E-state index in [1.54, 1.807) is 0 Å². The lowest BCUT2D eigenvalue weighted by molar-refractivity contribution is -0.115. The van der Waals surface area contributed by atoms with Crippen LogP contribution in [0.2, 0.25) is 10.4 Å². The molecule has 19 heavy (non-hydrogen) atoms. The molecule has 6 heteroatoms. The number of rotatable bonds is 3. The highest BCUT2D eigenvalue weighted by atomic mass is 35.5. The average molecular weight is 296 g/mol. The van der Waals surface area contributed by atoms with Crippen LogP contribution in [0.1, 0.15) is 11.1 Å². The van der Waals surface area contributed by atoms with E-state index in [1.165, 1.54) is 6.07 Å². The number of amides is 1. The molecule has 98 valence electrons. The van der Waals surface area contributed by atoms with Gasteiger partial charge in [0.1, 0.15) is 11.0 Å². The summed E-state index contributed by atoms with van der Waals surface area (Å²) in [6.07, 6.45) is 0.263. The summed E-state index contributed by atoms with van der Waals surface area (Å²) in [4.78, 5) is 19.4. The molecule has 0 spiro atoms. The van der Waals surface area contributed by atoms with Crippen molar-refractivity contribution in [2.75, 3.05) is 5.32 Å². The van der Waals surface area contributed by atoms with Gasteiger partial charge in [0.05, 0.1) is 6.42 Å². The van der Waals surface area contributed by atoms with Crippen LogP contribution in [0.5, 0.6) is 0 Å². The van der Waals surface area contributed by atoms with Gasteiger partial charge in [0.15, 0.2) is 0 Å².